The number of aliphatic hydroxyl groups excluding tert-OH is 1. The molecule has 1 N–H and O–H groups in total. The van der Waals surface area contributed by atoms with E-state index < -0.39 is 0 Å². The Morgan fingerprint density at radius 2 is 1.94 bits per heavy atom. The van der Waals surface area contributed by atoms with E-state index >= 15 is 0 Å². The average Bonchev–Trinajstić information content (AvgIpc) is 2.39. The van der Waals surface area contributed by atoms with Gasteiger partial charge in [-0.25, -0.2) is 0 Å². The maximum atomic E-state index is 8.95. The molecular weight excluding hydrogens is 212 g/mol. The Labute approximate surface area is 98.8 Å². The van der Waals surface area contributed by atoms with Crippen LogP contribution >= 0.6 is 0 Å². The highest BCUT2D eigenvalue weighted by atomic mass is 16.3. The first-order valence-corrected chi connectivity index (χ1v) is 5.63. The van der Waals surface area contributed by atoms with Crippen molar-refractivity contribution in [3.05, 3.63) is 48.3 Å². The summed E-state index contributed by atoms with van der Waals surface area (Å²) in [7, 11) is 0. The summed E-state index contributed by atoms with van der Waals surface area (Å²) < 4.78 is 0. The number of aliphatic hydroxyl groups is 1. The highest BCUT2D eigenvalue weighted by molar-refractivity contribution is 6.03. The van der Waals surface area contributed by atoms with Crippen LogP contribution in [0.15, 0.2) is 42.6 Å². The Morgan fingerprint density at radius 1 is 1.06 bits per heavy atom. The first-order valence-electron chi connectivity index (χ1n) is 5.63. The SMILES string of the molecule is OCCc1ccc2ccc3ncccc3c2n1. The molecule has 0 bridgehead atoms. The summed E-state index contributed by atoms with van der Waals surface area (Å²) in [6.45, 7) is 0.127. The molecule has 0 saturated carbocycles. The van der Waals surface area contributed by atoms with Crippen molar-refractivity contribution in [1.82, 2.24) is 9.97 Å². The Balaban J connectivity index is 2.34. The lowest BCUT2D eigenvalue weighted by molar-refractivity contribution is 0.298. The van der Waals surface area contributed by atoms with Crippen molar-refractivity contribution in [2.24, 2.45) is 0 Å². The van der Waals surface area contributed by atoms with Crippen LogP contribution in [-0.4, -0.2) is 21.7 Å². The molecule has 84 valence electrons. The van der Waals surface area contributed by atoms with Gasteiger partial charge in [-0.05, 0) is 24.3 Å². The third-order valence-corrected chi connectivity index (χ3v) is 2.87. The molecule has 0 atom stereocenters. The molecule has 0 unspecified atom stereocenters. The van der Waals surface area contributed by atoms with Gasteiger partial charge >= 0.3 is 0 Å². The Bertz CT molecular complexity index is 679. The first kappa shape index (κ1) is 10.2. The van der Waals surface area contributed by atoms with Gasteiger partial charge in [0.15, 0.2) is 0 Å². The highest BCUT2D eigenvalue weighted by Crippen LogP contribution is 2.22. The van der Waals surface area contributed by atoms with Gasteiger partial charge in [-0.15, -0.1) is 0 Å². The van der Waals surface area contributed by atoms with Gasteiger partial charge in [-0.3, -0.25) is 9.97 Å². The minimum atomic E-state index is 0.127. The zero-order chi connectivity index (χ0) is 11.7. The Kier molecular flexibility index (Phi) is 2.46. The molecule has 0 saturated heterocycles. The average molecular weight is 224 g/mol. The fraction of sp³-hybridized carbons (Fsp3) is 0.143. The summed E-state index contributed by atoms with van der Waals surface area (Å²) in [6, 6.07) is 12.0. The predicted octanol–water partition coefficient (Wildman–Crippen LogP) is 2.32. The zero-order valence-corrected chi connectivity index (χ0v) is 9.30. The highest BCUT2D eigenvalue weighted by Gasteiger charge is 2.03. The molecule has 2 heterocycles. The Morgan fingerprint density at radius 3 is 2.82 bits per heavy atom. The van der Waals surface area contributed by atoms with Gasteiger partial charge in [0.1, 0.15) is 0 Å². The summed E-state index contributed by atoms with van der Waals surface area (Å²) in [4.78, 5) is 8.91. The summed E-state index contributed by atoms with van der Waals surface area (Å²) in [6.07, 6.45) is 2.37. The number of pyridine rings is 2. The van der Waals surface area contributed by atoms with Crippen molar-refractivity contribution >= 4 is 21.8 Å². The van der Waals surface area contributed by atoms with Crippen LogP contribution in [-0.2, 0) is 6.42 Å². The van der Waals surface area contributed by atoms with E-state index in [1.165, 1.54) is 0 Å². The largest absolute Gasteiger partial charge is 0.396 e. The van der Waals surface area contributed by atoms with Crippen LogP contribution in [0.2, 0.25) is 0 Å². The number of rotatable bonds is 2. The standard InChI is InChI=1S/C14H12N2O/c17-9-7-11-5-3-10-4-6-13-12(14(10)16-11)2-1-8-15-13/h1-6,8,17H,7,9H2. The number of nitrogens with zero attached hydrogens (tertiary/aromatic N) is 2. The molecule has 0 aliphatic rings. The van der Waals surface area contributed by atoms with Crippen molar-refractivity contribution in [2.75, 3.05) is 6.61 Å². The summed E-state index contributed by atoms with van der Waals surface area (Å²) in [5.41, 5.74) is 2.83. The fourth-order valence-electron chi connectivity index (χ4n) is 2.03. The maximum absolute atomic E-state index is 8.95. The lowest BCUT2D eigenvalue weighted by Gasteiger charge is -2.04. The fourth-order valence-corrected chi connectivity index (χ4v) is 2.03. The summed E-state index contributed by atoms with van der Waals surface area (Å²) in [5, 5.41) is 11.1. The van der Waals surface area contributed by atoms with Crippen molar-refractivity contribution in [3.8, 4) is 0 Å². The van der Waals surface area contributed by atoms with Gasteiger partial charge in [0.2, 0.25) is 0 Å². The van der Waals surface area contributed by atoms with E-state index in [-0.39, 0.29) is 6.61 Å². The quantitative estimate of drug-likeness (QED) is 0.679. The minimum Gasteiger partial charge on any atom is -0.396 e. The molecular formula is C14H12N2O. The molecule has 3 aromatic rings. The second-order valence-electron chi connectivity index (χ2n) is 3.98. The second kappa shape index (κ2) is 4.11. The summed E-state index contributed by atoms with van der Waals surface area (Å²) >= 11 is 0. The molecule has 2 aromatic heterocycles. The molecule has 0 radical (unpaired) electrons. The molecule has 3 heteroatoms. The van der Waals surface area contributed by atoms with Gasteiger partial charge in [0, 0.05) is 35.7 Å². The lowest BCUT2D eigenvalue weighted by atomic mass is 10.1. The molecule has 17 heavy (non-hydrogen) atoms. The minimum absolute atomic E-state index is 0.127. The maximum Gasteiger partial charge on any atom is 0.0799 e. The topological polar surface area (TPSA) is 46.0 Å². The van der Waals surface area contributed by atoms with Gasteiger partial charge in [-0.1, -0.05) is 12.1 Å². The number of hydrogen-bond acceptors (Lipinski definition) is 3. The molecule has 0 spiro atoms. The number of aromatic nitrogens is 2. The van der Waals surface area contributed by atoms with Crippen LogP contribution in [0, 0.1) is 0 Å². The van der Waals surface area contributed by atoms with Crippen LogP contribution in [0.1, 0.15) is 5.69 Å². The molecule has 3 nitrogen and oxygen atoms in total. The van der Waals surface area contributed by atoms with E-state index in [4.69, 9.17) is 5.11 Å². The van der Waals surface area contributed by atoms with Crippen LogP contribution in [0.4, 0.5) is 0 Å². The monoisotopic (exact) mass is 224 g/mol. The van der Waals surface area contributed by atoms with E-state index in [9.17, 15) is 0 Å². The van der Waals surface area contributed by atoms with Gasteiger partial charge < -0.3 is 5.11 Å². The van der Waals surface area contributed by atoms with Gasteiger partial charge in [0.05, 0.1) is 11.0 Å². The second-order valence-corrected chi connectivity index (χ2v) is 3.98. The van der Waals surface area contributed by atoms with Crippen molar-refractivity contribution in [3.63, 3.8) is 0 Å². The number of fused-ring (bicyclic) bond motifs is 3. The van der Waals surface area contributed by atoms with Gasteiger partial charge in [-0.2, -0.15) is 0 Å². The van der Waals surface area contributed by atoms with Gasteiger partial charge in [0.25, 0.3) is 0 Å². The van der Waals surface area contributed by atoms with E-state index in [1.807, 2.05) is 36.4 Å². The Hall–Kier alpha value is -2.00. The molecule has 1 aromatic carbocycles. The molecule has 3 rings (SSSR count). The van der Waals surface area contributed by atoms with Crippen molar-refractivity contribution in [1.29, 1.82) is 0 Å². The first-order chi connectivity index (χ1) is 8.38. The third kappa shape index (κ3) is 1.74. The van der Waals surface area contributed by atoms with Crippen LogP contribution in [0.3, 0.4) is 0 Å². The van der Waals surface area contributed by atoms with Crippen LogP contribution in [0.5, 0.6) is 0 Å². The number of hydrogen-bond donors (Lipinski definition) is 1. The zero-order valence-electron chi connectivity index (χ0n) is 9.30. The van der Waals surface area contributed by atoms with Crippen LogP contribution < -0.4 is 0 Å². The lowest BCUT2D eigenvalue weighted by Crippen LogP contribution is -1.95. The normalized spacial score (nSPS) is 11.1. The third-order valence-electron chi connectivity index (χ3n) is 2.87. The van der Waals surface area contributed by atoms with E-state index in [2.05, 4.69) is 9.97 Å². The van der Waals surface area contributed by atoms with Crippen molar-refractivity contribution < 1.29 is 5.11 Å². The molecule has 0 aliphatic heterocycles. The number of benzene rings is 1. The van der Waals surface area contributed by atoms with E-state index in [1.54, 1.807) is 6.20 Å². The molecule has 0 fully saturated rings. The van der Waals surface area contributed by atoms with E-state index in [0.29, 0.717) is 6.42 Å². The van der Waals surface area contributed by atoms with Crippen molar-refractivity contribution in [2.45, 2.75) is 6.42 Å². The smallest absolute Gasteiger partial charge is 0.0799 e. The summed E-state index contributed by atoms with van der Waals surface area (Å²) in [5.74, 6) is 0. The molecule has 0 amide bonds. The van der Waals surface area contributed by atoms with Crippen LogP contribution in [0.25, 0.3) is 21.8 Å². The molecule has 0 aliphatic carbocycles. The predicted molar refractivity (Wildman–Crippen MR) is 67.8 cm³/mol. The van der Waals surface area contributed by atoms with E-state index in [0.717, 1.165) is 27.5 Å².